The quantitative estimate of drug-likeness (QED) is 0.751. The second-order valence-corrected chi connectivity index (χ2v) is 4.43. The number of anilines is 1. The molecular formula is C14H15N3O2. The Morgan fingerprint density at radius 3 is 2.95 bits per heavy atom. The number of hydrogen-bond donors (Lipinski definition) is 2. The summed E-state index contributed by atoms with van der Waals surface area (Å²) in [6.45, 7) is 2.06. The van der Waals surface area contributed by atoms with Crippen molar-refractivity contribution in [2.75, 3.05) is 11.9 Å². The number of aliphatic hydroxyl groups excluding tert-OH is 1. The highest BCUT2D eigenvalue weighted by Gasteiger charge is 2.14. The summed E-state index contributed by atoms with van der Waals surface area (Å²) in [4.78, 5) is 8.49. The minimum absolute atomic E-state index is 0.0358. The van der Waals surface area contributed by atoms with Crippen molar-refractivity contribution in [1.29, 1.82) is 0 Å². The van der Waals surface area contributed by atoms with Gasteiger partial charge in [0.2, 0.25) is 0 Å². The lowest BCUT2D eigenvalue weighted by atomic mass is 10.2. The molecule has 0 fully saturated rings. The fourth-order valence-corrected chi connectivity index (χ4v) is 2.10. The van der Waals surface area contributed by atoms with E-state index >= 15 is 0 Å². The van der Waals surface area contributed by atoms with Crippen molar-refractivity contribution in [2.45, 2.75) is 19.4 Å². The van der Waals surface area contributed by atoms with Gasteiger partial charge in [-0.15, -0.1) is 0 Å². The van der Waals surface area contributed by atoms with Crippen LogP contribution in [-0.4, -0.2) is 27.7 Å². The van der Waals surface area contributed by atoms with Gasteiger partial charge in [-0.25, -0.2) is 9.97 Å². The lowest BCUT2D eigenvalue weighted by Crippen LogP contribution is -2.23. The highest BCUT2D eigenvalue weighted by molar-refractivity contribution is 6.05. The molecule has 1 atom stereocenters. The first-order valence-corrected chi connectivity index (χ1v) is 6.33. The number of rotatable bonds is 4. The second kappa shape index (κ2) is 4.85. The number of hydrogen-bond acceptors (Lipinski definition) is 5. The van der Waals surface area contributed by atoms with Gasteiger partial charge in [0.25, 0.3) is 0 Å². The van der Waals surface area contributed by atoms with Gasteiger partial charge >= 0.3 is 0 Å². The molecule has 5 nitrogen and oxygen atoms in total. The maximum atomic E-state index is 9.26. The molecule has 98 valence electrons. The predicted molar refractivity (Wildman–Crippen MR) is 74.1 cm³/mol. The monoisotopic (exact) mass is 257 g/mol. The highest BCUT2D eigenvalue weighted by Crippen LogP contribution is 2.30. The molecule has 3 rings (SSSR count). The van der Waals surface area contributed by atoms with Gasteiger partial charge in [0.05, 0.1) is 12.6 Å². The number of furan rings is 1. The van der Waals surface area contributed by atoms with Gasteiger partial charge in [-0.3, -0.25) is 0 Å². The molecule has 0 radical (unpaired) electrons. The largest absolute Gasteiger partial charge is 0.450 e. The molecule has 1 aromatic carbocycles. The molecule has 0 saturated heterocycles. The molecule has 2 heterocycles. The van der Waals surface area contributed by atoms with Crippen LogP contribution in [0.2, 0.25) is 0 Å². The van der Waals surface area contributed by atoms with Crippen molar-refractivity contribution < 1.29 is 9.52 Å². The van der Waals surface area contributed by atoms with Crippen molar-refractivity contribution in [2.24, 2.45) is 0 Å². The van der Waals surface area contributed by atoms with Gasteiger partial charge < -0.3 is 14.8 Å². The minimum Gasteiger partial charge on any atom is -0.450 e. The summed E-state index contributed by atoms with van der Waals surface area (Å²) in [5.74, 6) is 0.627. The van der Waals surface area contributed by atoms with Crippen molar-refractivity contribution in [3.8, 4) is 0 Å². The molecule has 0 aliphatic heterocycles. The molecule has 0 bridgehead atoms. The Balaban J connectivity index is 2.15. The Labute approximate surface area is 110 Å². The molecule has 2 aromatic heterocycles. The first kappa shape index (κ1) is 11.9. The van der Waals surface area contributed by atoms with Crippen LogP contribution in [0.3, 0.4) is 0 Å². The summed E-state index contributed by atoms with van der Waals surface area (Å²) < 4.78 is 5.80. The molecule has 0 aliphatic rings. The van der Waals surface area contributed by atoms with Crippen LogP contribution in [0, 0.1) is 0 Å². The van der Waals surface area contributed by atoms with Gasteiger partial charge in [-0.05, 0) is 18.6 Å². The zero-order valence-corrected chi connectivity index (χ0v) is 10.6. The van der Waals surface area contributed by atoms with Crippen LogP contribution in [0.15, 0.2) is 35.0 Å². The summed E-state index contributed by atoms with van der Waals surface area (Å²) in [5.41, 5.74) is 2.22. The number of aromatic nitrogens is 2. The maximum Gasteiger partial charge on any atom is 0.196 e. The fraction of sp³-hybridized carbons (Fsp3) is 0.286. The lowest BCUT2D eigenvalue weighted by molar-refractivity contribution is 0.271. The van der Waals surface area contributed by atoms with E-state index in [-0.39, 0.29) is 12.6 Å². The van der Waals surface area contributed by atoms with E-state index in [1.54, 1.807) is 0 Å². The number of fused-ring (bicyclic) bond motifs is 3. The zero-order chi connectivity index (χ0) is 13.2. The van der Waals surface area contributed by atoms with E-state index in [1.165, 1.54) is 6.33 Å². The van der Waals surface area contributed by atoms with Crippen LogP contribution >= 0.6 is 0 Å². The van der Waals surface area contributed by atoms with Crippen molar-refractivity contribution in [3.63, 3.8) is 0 Å². The molecule has 1 unspecified atom stereocenters. The van der Waals surface area contributed by atoms with E-state index in [1.807, 2.05) is 31.2 Å². The zero-order valence-electron chi connectivity index (χ0n) is 10.6. The number of nitrogens with one attached hydrogen (secondary N) is 1. The number of aliphatic hydroxyl groups is 1. The minimum atomic E-state index is -0.0358. The first-order chi connectivity index (χ1) is 9.33. The van der Waals surface area contributed by atoms with E-state index in [0.29, 0.717) is 11.4 Å². The summed E-state index contributed by atoms with van der Waals surface area (Å²) >= 11 is 0. The normalized spacial score (nSPS) is 12.9. The summed E-state index contributed by atoms with van der Waals surface area (Å²) in [7, 11) is 0. The number of para-hydroxylation sites is 1. The predicted octanol–water partition coefficient (Wildman–Crippen LogP) is 2.56. The summed E-state index contributed by atoms with van der Waals surface area (Å²) in [6, 6.07) is 7.72. The average Bonchev–Trinajstić information content (AvgIpc) is 2.84. The van der Waals surface area contributed by atoms with Crippen LogP contribution in [0.4, 0.5) is 5.82 Å². The third-order valence-electron chi connectivity index (χ3n) is 3.21. The van der Waals surface area contributed by atoms with E-state index in [0.717, 1.165) is 22.9 Å². The molecule has 0 saturated carbocycles. The second-order valence-electron chi connectivity index (χ2n) is 4.43. The number of nitrogens with zero attached hydrogens (tertiary/aromatic N) is 2. The lowest BCUT2D eigenvalue weighted by Gasteiger charge is -2.14. The third-order valence-corrected chi connectivity index (χ3v) is 3.21. The van der Waals surface area contributed by atoms with Crippen LogP contribution < -0.4 is 5.32 Å². The Bertz CT molecular complexity index is 704. The summed E-state index contributed by atoms with van der Waals surface area (Å²) in [6.07, 6.45) is 2.32. The van der Waals surface area contributed by atoms with Crippen LogP contribution in [0.1, 0.15) is 13.3 Å². The van der Waals surface area contributed by atoms with Gasteiger partial charge in [-0.2, -0.15) is 0 Å². The Hall–Kier alpha value is -2.14. The van der Waals surface area contributed by atoms with Crippen molar-refractivity contribution in [1.82, 2.24) is 9.97 Å². The van der Waals surface area contributed by atoms with Crippen molar-refractivity contribution in [3.05, 3.63) is 30.6 Å². The molecule has 3 aromatic rings. The van der Waals surface area contributed by atoms with E-state index in [9.17, 15) is 5.11 Å². The molecule has 2 N–H and O–H groups in total. The van der Waals surface area contributed by atoms with Gasteiger partial charge in [0, 0.05) is 5.39 Å². The SMILES string of the molecule is CCC(CO)Nc1ncnc2c1oc1ccccc12. The van der Waals surface area contributed by atoms with Crippen LogP contribution in [0.5, 0.6) is 0 Å². The molecule has 0 spiro atoms. The van der Waals surface area contributed by atoms with Crippen LogP contribution in [-0.2, 0) is 0 Å². The molecule has 0 aliphatic carbocycles. The number of benzene rings is 1. The highest BCUT2D eigenvalue weighted by atomic mass is 16.3. The Kier molecular flexibility index (Phi) is 3.05. The van der Waals surface area contributed by atoms with E-state index in [2.05, 4.69) is 15.3 Å². The average molecular weight is 257 g/mol. The van der Waals surface area contributed by atoms with Gasteiger partial charge in [0.1, 0.15) is 17.4 Å². The molecule has 0 amide bonds. The summed E-state index contributed by atoms with van der Waals surface area (Å²) in [5, 5.41) is 13.4. The van der Waals surface area contributed by atoms with Crippen molar-refractivity contribution >= 4 is 27.9 Å². The van der Waals surface area contributed by atoms with Crippen LogP contribution in [0.25, 0.3) is 22.1 Å². The molecular weight excluding hydrogens is 242 g/mol. The maximum absolute atomic E-state index is 9.26. The topological polar surface area (TPSA) is 71.2 Å². The molecule has 19 heavy (non-hydrogen) atoms. The van der Waals surface area contributed by atoms with Gasteiger partial charge in [0.15, 0.2) is 11.4 Å². The van der Waals surface area contributed by atoms with E-state index in [4.69, 9.17) is 4.42 Å². The Morgan fingerprint density at radius 2 is 2.16 bits per heavy atom. The van der Waals surface area contributed by atoms with E-state index < -0.39 is 0 Å². The van der Waals surface area contributed by atoms with Gasteiger partial charge in [-0.1, -0.05) is 19.1 Å². The first-order valence-electron chi connectivity index (χ1n) is 6.33. The Morgan fingerprint density at radius 1 is 1.32 bits per heavy atom. The fourth-order valence-electron chi connectivity index (χ4n) is 2.10. The third kappa shape index (κ3) is 2.02. The smallest absolute Gasteiger partial charge is 0.196 e. The molecule has 5 heteroatoms. The standard InChI is InChI=1S/C14H15N3O2/c1-2-9(7-18)17-14-13-12(15-8-16-14)10-5-3-4-6-11(10)19-13/h3-6,8-9,18H,2,7H2,1H3,(H,15,16,17).